The first-order valence-electron chi connectivity index (χ1n) is 8.63. The van der Waals surface area contributed by atoms with Crippen LogP contribution in [0.25, 0.3) is 0 Å². The molecule has 3 aromatic rings. The van der Waals surface area contributed by atoms with Gasteiger partial charge in [0, 0.05) is 16.9 Å². The number of carbonyl (C=O) groups excluding carboxylic acids is 1. The van der Waals surface area contributed by atoms with Crippen LogP contribution in [0.5, 0.6) is 5.75 Å². The van der Waals surface area contributed by atoms with E-state index in [1.54, 1.807) is 49.6 Å². The Morgan fingerprint density at radius 1 is 0.966 bits per heavy atom. The van der Waals surface area contributed by atoms with E-state index in [0.717, 1.165) is 5.56 Å². The maximum absolute atomic E-state index is 12.8. The third kappa shape index (κ3) is 5.07. The molecule has 6 nitrogen and oxygen atoms in total. The second-order valence-corrected chi connectivity index (χ2v) is 8.36. The molecule has 0 atom stereocenters. The quantitative estimate of drug-likeness (QED) is 0.593. The third-order valence-electron chi connectivity index (χ3n) is 4.10. The summed E-state index contributed by atoms with van der Waals surface area (Å²) >= 11 is 6.11. The SMILES string of the molecule is COc1ccc(NC(=O)c2ccc(Cl)c(S(=O)(=O)Nc3cccc(C)c3)c2)cc1. The van der Waals surface area contributed by atoms with Gasteiger partial charge < -0.3 is 10.1 Å². The molecule has 0 saturated carbocycles. The second-order valence-electron chi connectivity index (χ2n) is 6.30. The monoisotopic (exact) mass is 430 g/mol. The first-order chi connectivity index (χ1) is 13.8. The van der Waals surface area contributed by atoms with Crippen molar-refractivity contribution in [1.82, 2.24) is 0 Å². The predicted octanol–water partition coefficient (Wildman–Crippen LogP) is 4.71. The Hall–Kier alpha value is -3.03. The van der Waals surface area contributed by atoms with Crippen molar-refractivity contribution in [3.8, 4) is 5.75 Å². The number of nitrogens with one attached hydrogen (secondary N) is 2. The van der Waals surface area contributed by atoms with Gasteiger partial charge in [0.15, 0.2) is 0 Å². The van der Waals surface area contributed by atoms with Crippen LogP contribution in [0.2, 0.25) is 5.02 Å². The number of sulfonamides is 1. The molecule has 0 aliphatic heterocycles. The van der Waals surface area contributed by atoms with Gasteiger partial charge in [-0.15, -0.1) is 0 Å². The van der Waals surface area contributed by atoms with Crippen LogP contribution in [0.4, 0.5) is 11.4 Å². The molecule has 0 unspecified atom stereocenters. The number of rotatable bonds is 6. The highest BCUT2D eigenvalue weighted by Crippen LogP contribution is 2.26. The molecule has 0 radical (unpaired) electrons. The summed E-state index contributed by atoms with van der Waals surface area (Å²) in [5, 5.41) is 2.73. The molecule has 29 heavy (non-hydrogen) atoms. The van der Waals surface area contributed by atoms with Gasteiger partial charge >= 0.3 is 0 Å². The zero-order valence-electron chi connectivity index (χ0n) is 15.8. The first-order valence-corrected chi connectivity index (χ1v) is 10.5. The smallest absolute Gasteiger partial charge is 0.263 e. The zero-order valence-corrected chi connectivity index (χ0v) is 17.3. The second kappa shape index (κ2) is 8.55. The minimum absolute atomic E-state index is 0.0196. The van der Waals surface area contributed by atoms with Gasteiger partial charge in [-0.05, 0) is 67.1 Å². The van der Waals surface area contributed by atoms with Crippen molar-refractivity contribution in [3.05, 3.63) is 82.9 Å². The fourth-order valence-electron chi connectivity index (χ4n) is 2.65. The van der Waals surface area contributed by atoms with Gasteiger partial charge in [0.05, 0.1) is 12.1 Å². The van der Waals surface area contributed by atoms with Crippen LogP contribution in [0.3, 0.4) is 0 Å². The Kier molecular flexibility index (Phi) is 6.10. The van der Waals surface area contributed by atoms with Crippen molar-refractivity contribution in [1.29, 1.82) is 0 Å². The normalized spacial score (nSPS) is 11.0. The number of methoxy groups -OCH3 is 1. The highest BCUT2D eigenvalue weighted by atomic mass is 35.5. The third-order valence-corrected chi connectivity index (χ3v) is 5.96. The van der Waals surface area contributed by atoms with Crippen LogP contribution >= 0.6 is 11.6 Å². The topological polar surface area (TPSA) is 84.5 Å². The minimum atomic E-state index is -3.98. The van der Waals surface area contributed by atoms with Crippen molar-refractivity contribution >= 4 is 38.9 Å². The number of amides is 1. The van der Waals surface area contributed by atoms with Gasteiger partial charge in [0.2, 0.25) is 0 Å². The summed E-state index contributed by atoms with van der Waals surface area (Å²) < 4.78 is 33.2. The lowest BCUT2D eigenvalue weighted by Gasteiger charge is -2.12. The maximum Gasteiger partial charge on any atom is 0.263 e. The van der Waals surface area contributed by atoms with Crippen molar-refractivity contribution in [3.63, 3.8) is 0 Å². The van der Waals surface area contributed by atoms with Crippen LogP contribution in [0.1, 0.15) is 15.9 Å². The lowest BCUT2D eigenvalue weighted by atomic mass is 10.2. The highest BCUT2D eigenvalue weighted by molar-refractivity contribution is 7.92. The Morgan fingerprint density at radius 3 is 2.34 bits per heavy atom. The molecule has 3 aromatic carbocycles. The number of aryl methyl sites for hydroxylation is 1. The van der Waals surface area contributed by atoms with E-state index in [-0.39, 0.29) is 15.5 Å². The van der Waals surface area contributed by atoms with E-state index < -0.39 is 15.9 Å². The molecule has 0 aromatic heterocycles. The summed E-state index contributed by atoms with van der Waals surface area (Å²) in [6, 6.07) is 17.8. The zero-order chi connectivity index (χ0) is 21.0. The average molecular weight is 431 g/mol. The number of hydrogen-bond donors (Lipinski definition) is 2. The van der Waals surface area contributed by atoms with Gasteiger partial charge in [-0.2, -0.15) is 0 Å². The number of anilines is 2. The van der Waals surface area contributed by atoms with E-state index in [2.05, 4.69) is 10.0 Å². The molecule has 1 amide bonds. The summed E-state index contributed by atoms with van der Waals surface area (Å²) in [5.41, 5.74) is 2.03. The molecule has 2 N–H and O–H groups in total. The first kappa shape index (κ1) is 20.7. The van der Waals surface area contributed by atoms with Gasteiger partial charge in [0.1, 0.15) is 10.6 Å². The van der Waals surface area contributed by atoms with Crippen molar-refractivity contribution in [2.75, 3.05) is 17.1 Å². The molecular weight excluding hydrogens is 412 g/mol. The summed E-state index contributed by atoms with van der Waals surface area (Å²) in [5.74, 6) is 0.198. The van der Waals surface area contributed by atoms with Crippen LogP contribution in [0, 0.1) is 6.92 Å². The molecule has 150 valence electrons. The number of ether oxygens (including phenoxy) is 1. The van der Waals surface area contributed by atoms with Crippen molar-refractivity contribution < 1.29 is 17.9 Å². The molecule has 0 aliphatic carbocycles. The minimum Gasteiger partial charge on any atom is -0.497 e. The van der Waals surface area contributed by atoms with Crippen molar-refractivity contribution in [2.45, 2.75) is 11.8 Å². The Balaban J connectivity index is 1.85. The summed E-state index contributed by atoms with van der Waals surface area (Å²) in [6.45, 7) is 1.86. The van der Waals surface area contributed by atoms with Crippen LogP contribution in [0.15, 0.2) is 71.6 Å². The summed E-state index contributed by atoms with van der Waals surface area (Å²) in [6.07, 6.45) is 0. The van der Waals surface area contributed by atoms with E-state index in [1.807, 2.05) is 13.0 Å². The van der Waals surface area contributed by atoms with Crippen molar-refractivity contribution in [2.24, 2.45) is 0 Å². The summed E-state index contributed by atoms with van der Waals surface area (Å²) in [4.78, 5) is 12.4. The molecule has 0 fully saturated rings. The van der Waals surface area contributed by atoms with Crippen LogP contribution in [-0.2, 0) is 10.0 Å². The van der Waals surface area contributed by atoms with E-state index in [9.17, 15) is 13.2 Å². The predicted molar refractivity (Wildman–Crippen MR) is 114 cm³/mol. The van der Waals surface area contributed by atoms with E-state index in [0.29, 0.717) is 17.1 Å². The van der Waals surface area contributed by atoms with Crippen LogP contribution < -0.4 is 14.8 Å². The average Bonchev–Trinajstić information content (AvgIpc) is 2.68. The molecule has 0 spiro atoms. The molecular formula is C21H19ClN2O4S. The molecule has 0 aliphatic rings. The highest BCUT2D eigenvalue weighted by Gasteiger charge is 2.20. The fraction of sp³-hybridized carbons (Fsp3) is 0.0952. The number of carbonyl (C=O) groups is 1. The molecule has 8 heteroatoms. The standard InChI is InChI=1S/C21H19ClN2O4S/c1-14-4-3-5-17(12-14)24-29(26,27)20-13-15(6-11-19(20)22)21(25)23-16-7-9-18(28-2)10-8-16/h3-13,24H,1-2H3,(H,23,25). The Labute approximate surface area is 174 Å². The van der Waals surface area contributed by atoms with E-state index in [1.165, 1.54) is 18.2 Å². The number of benzene rings is 3. The number of hydrogen-bond acceptors (Lipinski definition) is 4. The molecule has 3 rings (SSSR count). The molecule has 0 heterocycles. The molecule has 0 bridgehead atoms. The fourth-order valence-corrected chi connectivity index (χ4v) is 4.22. The molecule has 0 saturated heterocycles. The summed E-state index contributed by atoms with van der Waals surface area (Å²) in [7, 11) is -2.43. The van der Waals surface area contributed by atoms with Crippen LogP contribution in [-0.4, -0.2) is 21.4 Å². The lowest BCUT2D eigenvalue weighted by Crippen LogP contribution is -2.16. The van der Waals surface area contributed by atoms with Gasteiger partial charge in [-0.3, -0.25) is 9.52 Å². The van der Waals surface area contributed by atoms with Gasteiger partial charge in [-0.1, -0.05) is 23.7 Å². The number of halogens is 1. The Bertz CT molecular complexity index is 1150. The van der Waals surface area contributed by atoms with Gasteiger partial charge in [0.25, 0.3) is 15.9 Å². The van der Waals surface area contributed by atoms with E-state index >= 15 is 0 Å². The lowest BCUT2D eigenvalue weighted by molar-refractivity contribution is 0.102. The maximum atomic E-state index is 12.8. The largest absolute Gasteiger partial charge is 0.497 e. The Morgan fingerprint density at radius 2 is 1.69 bits per heavy atom. The van der Waals surface area contributed by atoms with E-state index in [4.69, 9.17) is 16.3 Å². The van der Waals surface area contributed by atoms with Gasteiger partial charge in [-0.25, -0.2) is 8.42 Å².